The van der Waals surface area contributed by atoms with E-state index in [0.717, 1.165) is 60.6 Å². The van der Waals surface area contributed by atoms with Crippen molar-refractivity contribution in [1.29, 1.82) is 0 Å². The first-order valence-electron chi connectivity index (χ1n) is 10.4. The standard InChI is InChI=1S/C22H28N6O/c1-15-14-16(2)25-22(24-15)23-11-5-8-20(29)28-12-9-17(10-13-28)21-26-18-6-3-4-7-19(18)27-21/h3-4,6-7,14,17H,5,8-13H2,1-2H3,(H,26,27)(H,23,24,25). The van der Waals surface area contributed by atoms with Crippen molar-refractivity contribution < 1.29 is 4.79 Å². The van der Waals surface area contributed by atoms with Crippen LogP contribution in [0.25, 0.3) is 11.0 Å². The number of aryl methyl sites for hydroxylation is 2. The number of anilines is 1. The Balaban J connectivity index is 1.21. The molecule has 0 spiro atoms. The van der Waals surface area contributed by atoms with Gasteiger partial charge in [-0.3, -0.25) is 4.79 Å². The maximum Gasteiger partial charge on any atom is 0.223 e. The molecule has 0 bridgehead atoms. The van der Waals surface area contributed by atoms with E-state index in [0.29, 0.717) is 24.8 Å². The Labute approximate surface area is 171 Å². The molecule has 2 N–H and O–H groups in total. The minimum absolute atomic E-state index is 0.233. The summed E-state index contributed by atoms with van der Waals surface area (Å²) in [5, 5.41) is 3.22. The number of para-hydroxylation sites is 2. The average Bonchev–Trinajstić information content (AvgIpc) is 3.15. The predicted octanol–water partition coefficient (Wildman–Crippen LogP) is 3.57. The number of hydrogen-bond acceptors (Lipinski definition) is 5. The molecule has 3 heterocycles. The van der Waals surface area contributed by atoms with Crippen molar-refractivity contribution in [3.05, 3.63) is 47.5 Å². The minimum Gasteiger partial charge on any atom is -0.354 e. The lowest BCUT2D eigenvalue weighted by Crippen LogP contribution is -2.38. The van der Waals surface area contributed by atoms with E-state index in [1.54, 1.807) is 0 Å². The molecule has 1 amide bonds. The molecule has 2 aromatic heterocycles. The highest BCUT2D eigenvalue weighted by Crippen LogP contribution is 2.28. The summed E-state index contributed by atoms with van der Waals surface area (Å²) in [5.74, 6) is 2.32. The van der Waals surface area contributed by atoms with Crippen molar-refractivity contribution in [3.63, 3.8) is 0 Å². The van der Waals surface area contributed by atoms with Crippen LogP contribution in [0.5, 0.6) is 0 Å². The van der Waals surface area contributed by atoms with Gasteiger partial charge in [-0.1, -0.05) is 12.1 Å². The van der Waals surface area contributed by atoms with E-state index in [-0.39, 0.29) is 5.91 Å². The molecule has 1 saturated heterocycles. The van der Waals surface area contributed by atoms with Crippen molar-refractivity contribution >= 4 is 22.9 Å². The maximum absolute atomic E-state index is 12.5. The topological polar surface area (TPSA) is 86.8 Å². The number of aromatic nitrogens is 4. The molecule has 0 radical (unpaired) electrons. The van der Waals surface area contributed by atoms with Gasteiger partial charge in [0.15, 0.2) is 0 Å². The second-order valence-electron chi connectivity index (χ2n) is 7.80. The van der Waals surface area contributed by atoms with Crippen LogP contribution in [-0.4, -0.2) is 50.4 Å². The third kappa shape index (κ3) is 4.72. The number of benzene rings is 1. The number of aromatic amines is 1. The Morgan fingerprint density at radius 2 is 1.86 bits per heavy atom. The molecule has 7 nitrogen and oxygen atoms in total. The van der Waals surface area contributed by atoms with Crippen LogP contribution in [-0.2, 0) is 4.79 Å². The zero-order valence-corrected chi connectivity index (χ0v) is 17.1. The largest absolute Gasteiger partial charge is 0.354 e. The van der Waals surface area contributed by atoms with Gasteiger partial charge in [0, 0.05) is 43.4 Å². The van der Waals surface area contributed by atoms with Gasteiger partial charge in [-0.15, -0.1) is 0 Å². The first-order chi connectivity index (χ1) is 14.1. The first-order valence-corrected chi connectivity index (χ1v) is 10.4. The number of carbonyl (C=O) groups excluding carboxylic acids is 1. The fourth-order valence-electron chi connectivity index (χ4n) is 3.97. The second kappa shape index (κ2) is 8.59. The molecule has 29 heavy (non-hydrogen) atoms. The molecule has 1 aliphatic heterocycles. The average molecular weight is 393 g/mol. The molecule has 3 aromatic rings. The third-order valence-corrected chi connectivity index (χ3v) is 5.47. The Hall–Kier alpha value is -2.96. The predicted molar refractivity (Wildman–Crippen MR) is 114 cm³/mol. The molecule has 1 fully saturated rings. The zero-order valence-electron chi connectivity index (χ0n) is 17.1. The zero-order chi connectivity index (χ0) is 20.2. The van der Waals surface area contributed by atoms with E-state index in [1.165, 1.54) is 0 Å². The van der Waals surface area contributed by atoms with Gasteiger partial charge < -0.3 is 15.2 Å². The Morgan fingerprint density at radius 3 is 2.59 bits per heavy atom. The molecule has 0 unspecified atom stereocenters. The van der Waals surface area contributed by atoms with Crippen LogP contribution in [0.2, 0.25) is 0 Å². The third-order valence-electron chi connectivity index (χ3n) is 5.47. The highest BCUT2D eigenvalue weighted by molar-refractivity contribution is 5.76. The van der Waals surface area contributed by atoms with E-state index in [9.17, 15) is 4.79 Å². The highest BCUT2D eigenvalue weighted by Gasteiger charge is 2.25. The first kappa shape index (κ1) is 19.4. The summed E-state index contributed by atoms with van der Waals surface area (Å²) in [6, 6.07) is 10.1. The lowest BCUT2D eigenvalue weighted by molar-refractivity contribution is -0.132. The van der Waals surface area contributed by atoms with Crippen molar-refractivity contribution in [3.8, 4) is 0 Å². The normalized spacial score (nSPS) is 15.0. The van der Waals surface area contributed by atoms with Gasteiger partial charge in [-0.05, 0) is 51.3 Å². The molecule has 7 heteroatoms. The summed E-state index contributed by atoms with van der Waals surface area (Å²) >= 11 is 0. The number of carbonyl (C=O) groups is 1. The van der Waals surface area contributed by atoms with Crippen LogP contribution in [0.3, 0.4) is 0 Å². The van der Waals surface area contributed by atoms with E-state index < -0.39 is 0 Å². The molecule has 0 atom stereocenters. The number of nitrogens with zero attached hydrogens (tertiary/aromatic N) is 4. The number of rotatable bonds is 6. The molecule has 0 saturated carbocycles. The van der Waals surface area contributed by atoms with Gasteiger partial charge in [-0.2, -0.15) is 0 Å². The molecule has 152 valence electrons. The number of nitrogens with one attached hydrogen (secondary N) is 2. The van der Waals surface area contributed by atoms with Gasteiger partial charge >= 0.3 is 0 Å². The van der Waals surface area contributed by atoms with Crippen molar-refractivity contribution in [1.82, 2.24) is 24.8 Å². The Kier molecular flexibility index (Phi) is 5.74. The van der Waals surface area contributed by atoms with Gasteiger partial charge in [0.05, 0.1) is 11.0 Å². The molecule has 1 aliphatic rings. The Bertz CT molecular complexity index is 937. The monoisotopic (exact) mass is 392 g/mol. The van der Waals surface area contributed by atoms with E-state index in [2.05, 4.69) is 26.3 Å². The lowest BCUT2D eigenvalue weighted by Gasteiger charge is -2.31. The smallest absolute Gasteiger partial charge is 0.223 e. The van der Waals surface area contributed by atoms with Gasteiger partial charge in [0.2, 0.25) is 11.9 Å². The number of fused-ring (bicyclic) bond motifs is 1. The second-order valence-corrected chi connectivity index (χ2v) is 7.80. The van der Waals surface area contributed by atoms with Crippen LogP contribution < -0.4 is 5.32 Å². The quantitative estimate of drug-likeness (QED) is 0.626. The van der Waals surface area contributed by atoms with E-state index in [4.69, 9.17) is 4.98 Å². The summed E-state index contributed by atoms with van der Waals surface area (Å²) in [7, 11) is 0. The number of H-pyrrole nitrogens is 1. The fraction of sp³-hybridized carbons (Fsp3) is 0.455. The summed E-state index contributed by atoms with van der Waals surface area (Å²) < 4.78 is 0. The summed E-state index contributed by atoms with van der Waals surface area (Å²) in [6.07, 6.45) is 3.24. The lowest BCUT2D eigenvalue weighted by atomic mass is 9.96. The van der Waals surface area contributed by atoms with E-state index >= 15 is 0 Å². The van der Waals surface area contributed by atoms with Gasteiger partial charge in [0.1, 0.15) is 5.82 Å². The highest BCUT2D eigenvalue weighted by atomic mass is 16.2. The molecule has 0 aliphatic carbocycles. The fourth-order valence-corrected chi connectivity index (χ4v) is 3.97. The SMILES string of the molecule is Cc1cc(C)nc(NCCCC(=O)N2CCC(c3nc4ccccc4[nH]3)CC2)n1. The summed E-state index contributed by atoms with van der Waals surface area (Å²) in [5.41, 5.74) is 3.99. The van der Waals surface area contributed by atoms with Crippen LogP contribution in [0, 0.1) is 13.8 Å². The van der Waals surface area contributed by atoms with Crippen molar-refractivity contribution in [2.45, 2.75) is 45.4 Å². The molecular formula is C22H28N6O. The van der Waals surface area contributed by atoms with E-state index in [1.807, 2.05) is 43.0 Å². The summed E-state index contributed by atoms with van der Waals surface area (Å²) in [4.78, 5) is 31.4. The van der Waals surface area contributed by atoms with Crippen LogP contribution in [0.15, 0.2) is 30.3 Å². The van der Waals surface area contributed by atoms with Crippen LogP contribution in [0.4, 0.5) is 5.95 Å². The maximum atomic E-state index is 12.5. The number of hydrogen-bond donors (Lipinski definition) is 2. The number of amides is 1. The number of piperidine rings is 1. The minimum atomic E-state index is 0.233. The van der Waals surface area contributed by atoms with Crippen molar-refractivity contribution in [2.75, 3.05) is 25.0 Å². The number of likely N-dealkylation sites (tertiary alicyclic amines) is 1. The van der Waals surface area contributed by atoms with Gasteiger partial charge in [-0.25, -0.2) is 15.0 Å². The Morgan fingerprint density at radius 1 is 1.14 bits per heavy atom. The van der Waals surface area contributed by atoms with Crippen molar-refractivity contribution in [2.24, 2.45) is 0 Å². The van der Waals surface area contributed by atoms with Gasteiger partial charge in [0.25, 0.3) is 0 Å². The van der Waals surface area contributed by atoms with Crippen LogP contribution in [0.1, 0.15) is 48.8 Å². The summed E-state index contributed by atoms with van der Waals surface area (Å²) in [6.45, 7) is 6.21. The number of imidazole rings is 1. The van der Waals surface area contributed by atoms with Crippen LogP contribution >= 0.6 is 0 Å². The molecule has 1 aromatic carbocycles. The molecular weight excluding hydrogens is 364 g/mol. The molecule has 4 rings (SSSR count).